The minimum Gasteiger partial charge on any atom is -0.370 e. The minimum atomic E-state index is 0.546. The van der Waals surface area contributed by atoms with Gasteiger partial charge in [-0.3, -0.25) is 4.40 Å². The number of imidazole rings is 1. The third kappa shape index (κ3) is 2.66. The number of hydrogen-bond acceptors (Lipinski definition) is 4. The van der Waals surface area contributed by atoms with Gasteiger partial charge in [0.05, 0.1) is 5.69 Å². The highest BCUT2D eigenvalue weighted by Crippen LogP contribution is 2.20. The van der Waals surface area contributed by atoms with Crippen LogP contribution >= 0.6 is 11.3 Å². The molecule has 3 aromatic rings. The minimum absolute atomic E-state index is 0.546. The summed E-state index contributed by atoms with van der Waals surface area (Å²) in [5.74, 6) is 0. The molecule has 4 rings (SSSR count). The molecular weight excluding hydrogens is 280 g/mol. The van der Waals surface area contributed by atoms with Gasteiger partial charge in [-0.15, -0.1) is 11.3 Å². The number of anilines is 1. The molecule has 108 valence electrons. The molecule has 0 bridgehead atoms. The van der Waals surface area contributed by atoms with E-state index in [-0.39, 0.29) is 0 Å². The molecule has 1 atom stereocenters. The van der Waals surface area contributed by atoms with E-state index < -0.39 is 0 Å². The van der Waals surface area contributed by atoms with Gasteiger partial charge in [0.25, 0.3) is 0 Å². The van der Waals surface area contributed by atoms with Crippen LogP contribution in [-0.2, 0) is 6.54 Å². The van der Waals surface area contributed by atoms with Gasteiger partial charge in [-0.25, -0.2) is 4.98 Å². The van der Waals surface area contributed by atoms with Crippen LogP contribution < -0.4 is 10.2 Å². The van der Waals surface area contributed by atoms with Crippen molar-refractivity contribution in [1.82, 2.24) is 14.7 Å². The first-order valence-electron chi connectivity index (χ1n) is 7.33. The number of hydrogen-bond donors (Lipinski definition) is 1. The molecule has 0 radical (unpaired) electrons. The first-order valence-corrected chi connectivity index (χ1v) is 8.21. The van der Waals surface area contributed by atoms with Crippen molar-refractivity contribution in [3.05, 3.63) is 53.8 Å². The van der Waals surface area contributed by atoms with Crippen molar-refractivity contribution in [3.8, 4) is 0 Å². The lowest BCUT2D eigenvalue weighted by Gasteiger charge is -2.18. The molecule has 1 saturated heterocycles. The maximum atomic E-state index is 4.62. The van der Waals surface area contributed by atoms with E-state index in [0.717, 1.165) is 30.3 Å². The lowest BCUT2D eigenvalue weighted by Crippen LogP contribution is -2.32. The molecule has 1 N–H and O–H groups in total. The number of thiazole rings is 1. The Bertz CT molecular complexity index is 690. The second-order valence-corrected chi connectivity index (χ2v) is 6.35. The predicted octanol–water partition coefficient (Wildman–Crippen LogP) is 2.76. The van der Waals surface area contributed by atoms with Crippen molar-refractivity contribution >= 4 is 22.0 Å². The van der Waals surface area contributed by atoms with E-state index in [4.69, 9.17) is 0 Å². The average Bonchev–Trinajstić information content (AvgIpc) is 3.21. The molecule has 0 amide bonds. The van der Waals surface area contributed by atoms with Gasteiger partial charge in [0.2, 0.25) is 0 Å². The number of para-hydroxylation sites is 1. The van der Waals surface area contributed by atoms with Crippen molar-refractivity contribution in [1.29, 1.82) is 0 Å². The summed E-state index contributed by atoms with van der Waals surface area (Å²) >= 11 is 1.68. The molecule has 4 nitrogen and oxygen atoms in total. The second kappa shape index (κ2) is 5.50. The summed E-state index contributed by atoms with van der Waals surface area (Å²) in [7, 11) is 0. The van der Waals surface area contributed by atoms with Gasteiger partial charge in [0.15, 0.2) is 4.96 Å². The monoisotopic (exact) mass is 298 g/mol. The van der Waals surface area contributed by atoms with Crippen LogP contribution in [0, 0.1) is 0 Å². The molecule has 0 aliphatic carbocycles. The molecule has 2 aromatic heterocycles. The van der Waals surface area contributed by atoms with E-state index in [1.807, 2.05) is 0 Å². The molecule has 1 aliphatic heterocycles. The molecule has 5 heteroatoms. The van der Waals surface area contributed by atoms with Crippen molar-refractivity contribution in [2.24, 2.45) is 0 Å². The zero-order valence-electron chi connectivity index (χ0n) is 11.8. The van der Waals surface area contributed by atoms with Crippen molar-refractivity contribution in [2.45, 2.75) is 19.0 Å². The van der Waals surface area contributed by atoms with Crippen LogP contribution in [0.3, 0.4) is 0 Å². The van der Waals surface area contributed by atoms with Crippen molar-refractivity contribution in [3.63, 3.8) is 0 Å². The zero-order valence-corrected chi connectivity index (χ0v) is 12.6. The van der Waals surface area contributed by atoms with E-state index in [0.29, 0.717) is 6.04 Å². The third-order valence-electron chi connectivity index (χ3n) is 4.02. The van der Waals surface area contributed by atoms with E-state index in [2.05, 4.69) is 67.7 Å². The molecule has 3 heterocycles. The topological polar surface area (TPSA) is 32.6 Å². The molecule has 1 aromatic carbocycles. The summed E-state index contributed by atoms with van der Waals surface area (Å²) < 4.78 is 2.09. The Kier molecular flexibility index (Phi) is 3.37. The molecule has 1 fully saturated rings. The Hall–Kier alpha value is -1.85. The molecular formula is C16H18N4S. The van der Waals surface area contributed by atoms with Crippen LogP contribution in [0.4, 0.5) is 5.69 Å². The van der Waals surface area contributed by atoms with E-state index in [9.17, 15) is 0 Å². The number of nitrogens with zero attached hydrogens (tertiary/aromatic N) is 3. The Morgan fingerprint density at radius 1 is 1.29 bits per heavy atom. The van der Waals surface area contributed by atoms with Crippen LogP contribution in [-0.4, -0.2) is 28.5 Å². The van der Waals surface area contributed by atoms with Gasteiger partial charge in [0, 0.05) is 49.1 Å². The number of aromatic nitrogens is 2. The Balaban J connectivity index is 1.35. The number of nitrogens with one attached hydrogen (secondary N) is 1. The van der Waals surface area contributed by atoms with Gasteiger partial charge in [-0.2, -0.15) is 0 Å². The van der Waals surface area contributed by atoms with Gasteiger partial charge in [0.1, 0.15) is 0 Å². The normalized spacial score (nSPS) is 18.7. The molecule has 1 aliphatic rings. The largest absolute Gasteiger partial charge is 0.370 e. The summed E-state index contributed by atoms with van der Waals surface area (Å²) in [6.07, 6.45) is 5.36. The van der Waals surface area contributed by atoms with Crippen molar-refractivity contribution in [2.75, 3.05) is 18.0 Å². The predicted molar refractivity (Wildman–Crippen MR) is 87.0 cm³/mol. The van der Waals surface area contributed by atoms with Gasteiger partial charge in [-0.05, 0) is 18.6 Å². The van der Waals surface area contributed by atoms with Crippen LogP contribution in [0.1, 0.15) is 12.1 Å². The summed E-state index contributed by atoms with van der Waals surface area (Å²) in [5.41, 5.74) is 2.45. The van der Waals surface area contributed by atoms with E-state index in [1.54, 1.807) is 11.3 Å². The lowest BCUT2D eigenvalue weighted by molar-refractivity contribution is 0.547. The smallest absolute Gasteiger partial charge is 0.193 e. The van der Waals surface area contributed by atoms with Crippen molar-refractivity contribution < 1.29 is 0 Å². The van der Waals surface area contributed by atoms with Gasteiger partial charge < -0.3 is 10.2 Å². The maximum absolute atomic E-state index is 4.62. The summed E-state index contributed by atoms with van der Waals surface area (Å²) in [5, 5.41) is 5.70. The molecule has 21 heavy (non-hydrogen) atoms. The van der Waals surface area contributed by atoms with Crippen LogP contribution in [0.25, 0.3) is 4.96 Å². The van der Waals surface area contributed by atoms with E-state index >= 15 is 0 Å². The van der Waals surface area contributed by atoms with Crippen LogP contribution in [0.5, 0.6) is 0 Å². The third-order valence-corrected chi connectivity index (χ3v) is 4.80. The summed E-state index contributed by atoms with van der Waals surface area (Å²) in [4.78, 5) is 8.14. The Labute approximate surface area is 128 Å². The van der Waals surface area contributed by atoms with Gasteiger partial charge in [-0.1, -0.05) is 18.2 Å². The fourth-order valence-electron chi connectivity index (χ4n) is 2.91. The Morgan fingerprint density at radius 3 is 3.05 bits per heavy atom. The maximum Gasteiger partial charge on any atom is 0.193 e. The number of fused-ring (bicyclic) bond motifs is 1. The highest BCUT2D eigenvalue weighted by Gasteiger charge is 2.22. The highest BCUT2D eigenvalue weighted by molar-refractivity contribution is 7.15. The summed E-state index contributed by atoms with van der Waals surface area (Å²) in [6, 6.07) is 11.2. The second-order valence-electron chi connectivity index (χ2n) is 5.47. The highest BCUT2D eigenvalue weighted by atomic mass is 32.1. The first kappa shape index (κ1) is 12.9. The van der Waals surface area contributed by atoms with Gasteiger partial charge >= 0.3 is 0 Å². The lowest BCUT2D eigenvalue weighted by atomic mass is 10.2. The molecule has 0 saturated carbocycles. The molecule has 0 spiro atoms. The number of benzene rings is 1. The first-order chi connectivity index (χ1) is 10.4. The quantitative estimate of drug-likeness (QED) is 0.804. The zero-order chi connectivity index (χ0) is 14.1. The Morgan fingerprint density at radius 2 is 2.19 bits per heavy atom. The SMILES string of the molecule is c1ccc(N2CCC(NCc3cn4ccsc4n3)C2)cc1. The molecule has 1 unspecified atom stereocenters. The fourth-order valence-corrected chi connectivity index (χ4v) is 3.63. The average molecular weight is 298 g/mol. The van der Waals surface area contributed by atoms with Crippen LogP contribution in [0.15, 0.2) is 48.1 Å². The van der Waals surface area contributed by atoms with E-state index in [1.165, 1.54) is 12.1 Å². The number of rotatable bonds is 4. The summed E-state index contributed by atoms with van der Waals surface area (Å²) in [6.45, 7) is 3.05. The van der Waals surface area contributed by atoms with Crippen LogP contribution in [0.2, 0.25) is 0 Å². The standard InChI is InChI=1S/C16H18N4S/c1-2-4-15(5-3-1)19-7-6-13(11-19)17-10-14-12-20-8-9-21-16(20)18-14/h1-5,8-9,12-13,17H,6-7,10-11H2. The fraction of sp³-hybridized carbons (Fsp3) is 0.312.